The monoisotopic (exact) mass is 296 g/mol. The maximum absolute atomic E-state index is 4.56. The van der Waals surface area contributed by atoms with Gasteiger partial charge in [-0.15, -0.1) is 0 Å². The number of nitrogens with zero attached hydrogens (tertiary/aromatic N) is 2. The summed E-state index contributed by atoms with van der Waals surface area (Å²) in [5, 5.41) is 6.63. The number of nitrogens with one attached hydrogen (secondary N) is 2. The maximum Gasteiger partial charge on any atom is 0.191 e. The van der Waals surface area contributed by atoms with Crippen molar-refractivity contribution in [2.45, 2.75) is 26.8 Å². The number of aromatic nitrogens is 1. The highest BCUT2D eigenvalue weighted by atomic mass is 15.2. The molecule has 2 N–H and O–H groups in total. The summed E-state index contributed by atoms with van der Waals surface area (Å²) in [6.45, 7) is 6.48. The van der Waals surface area contributed by atoms with E-state index in [1.54, 1.807) is 6.20 Å². The van der Waals surface area contributed by atoms with Gasteiger partial charge in [0.05, 0.1) is 12.2 Å². The number of guanidine groups is 1. The second kappa shape index (κ2) is 8.82. The van der Waals surface area contributed by atoms with Gasteiger partial charge in [-0.3, -0.25) is 4.98 Å². The average molecular weight is 296 g/mol. The van der Waals surface area contributed by atoms with Gasteiger partial charge in [0.1, 0.15) is 0 Å². The molecule has 116 valence electrons. The summed E-state index contributed by atoms with van der Waals surface area (Å²) in [5.74, 6) is 0.834. The van der Waals surface area contributed by atoms with Gasteiger partial charge in [0.15, 0.2) is 5.96 Å². The van der Waals surface area contributed by atoms with Crippen LogP contribution in [0, 0.1) is 6.92 Å². The highest BCUT2D eigenvalue weighted by Gasteiger charge is 1.99. The lowest BCUT2D eigenvalue weighted by molar-refractivity contribution is 0.796. The molecule has 0 unspecified atom stereocenters. The smallest absolute Gasteiger partial charge is 0.191 e. The Labute approximate surface area is 132 Å². The number of hydrogen-bond donors (Lipinski definition) is 2. The fourth-order valence-corrected chi connectivity index (χ4v) is 2.19. The molecule has 0 atom stereocenters. The number of benzene rings is 1. The third-order valence-corrected chi connectivity index (χ3v) is 3.26. The van der Waals surface area contributed by atoms with Gasteiger partial charge in [0.25, 0.3) is 0 Å². The van der Waals surface area contributed by atoms with Crippen LogP contribution >= 0.6 is 0 Å². The maximum atomic E-state index is 4.56. The van der Waals surface area contributed by atoms with Crippen molar-refractivity contribution in [3.8, 4) is 0 Å². The summed E-state index contributed by atoms with van der Waals surface area (Å²) >= 11 is 0. The van der Waals surface area contributed by atoms with Crippen molar-refractivity contribution >= 4 is 5.96 Å². The van der Waals surface area contributed by atoms with E-state index in [-0.39, 0.29) is 0 Å². The second-order valence-electron chi connectivity index (χ2n) is 5.18. The van der Waals surface area contributed by atoms with Gasteiger partial charge in [-0.25, -0.2) is 4.99 Å². The molecule has 2 rings (SSSR count). The van der Waals surface area contributed by atoms with E-state index >= 15 is 0 Å². The molecule has 2 aromatic rings. The first-order valence-electron chi connectivity index (χ1n) is 7.75. The first-order valence-corrected chi connectivity index (χ1v) is 7.75. The van der Waals surface area contributed by atoms with Crippen molar-refractivity contribution in [2.24, 2.45) is 4.99 Å². The normalized spacial score (nSPS) is 11.3. The third-order valence-electron chi connectivity index (χ3n) is 3.26. The lowest BCUT2D eigenvalue weighted by atomic mass is 10.1. The van der Waals surface area contributed by atoms with Crippen LogP contribution in [0.5, 0.6) is 0 Å². The van der Waals surface area contributed by atoms with Crippen LogP contribution in [0.1, 0.15) is 23.7 Å². The summed E-state index contributed by atoms with van der Waals surface area (Å²) in [5.41, 5.74) is 3.61. The minimum atomic E-state index is 0.584. The van der Waals surface area contributed by atoms with Gasteiger partial charge in [-0.1, -0.05) is 35.9 Å². The molecule has 1 aromatic carbocycles. The summed E-state index contributed by atoms with van der Waals surface area (Å²) in [7, 11) is 0. The van der Waals surface area contributed by atoms with Crippen LogP contribution in [0.3, 0.4) is 0 Å². The Kier molecular flexibility index (Phi) is 6.42. The van der Waals surface area contributed by atoms with Gasteiger partial charge in [0.2, 0.25) is 0 Å². The van der Waals surface area contributed by atoms with Gasteiger partial charge in [-0.05, 0) is 38.0 Å². The number of aryl methyl sites for hydroxylation is 1. The SMILES string of the molecule is CCNC(=NCc1ccccn1)NCCc1cccc(C)c1. The predicted molar refractivity (Wildman–Crippen MR) is 91.9 cm³/mol. The molecular formula is C18H24N4. The quantitative estimate of drug-likeness (QED) is 0.636. The summed E-state index contributed by atoms with van der Waals surface area (Å²) in [4.78, 5) is 8.85. The molecule has 0 aliphatic heterocycles. The van der Waals surface area contributed by atoms with E-state index in [0.29, 0.717) is 6.54 Å². The zero-order chi connectivity index (χ0) is 15.6. The molecule has 0 amide bonds. The molecule has 0 saturated heterocycles. The molecule has 0 spiro atoms. The van der Waals surface area contributed by atoms with Crippen LogP contribution in [0.2, 0.25) is 0 Å². The summed E-state index contributed by atoms with van der Waals surface area (Å²) in [6.07, 6.45) is 2.78. The van der Waals surface area contributed by atoms with Gasteiger partial charge in [-0.2, -0.15) is 0 Å². The van der Waals surface area contributed by atoms with E-state index in [9.17, 15) is 0 Å². The predicted octanol–water partition coefficient (Wildman–Crippen LogP) is 2.69. The molecule has 1 heterocycles. The van der Waals surface area contributed by atoms with Crippen molar-refractivity contribution < 1.29 is 0 Å². The Hall–Kier alpha value is -2.36. The van der Waals surface area contributed by atoms with E-state index in [1.165, 1.54) is 11.1 Å². The Morgan fingerprint density at radius 1 is 1.14 bits per heavy atom. The standard InChI is InChI=1S/C18H24N4/c1-3-19-18(22-14-17-9-4-5-11-20-17)21-12-10-16-8-6-7-15(2)13-16/h4-9,11,13H,3,10,12,14H2,1-2H3,(H2,19,21,22). The minimum absolute atomic E-state index is 0.584. The average Bonchev–Trinajstić information content (AvgIpc) is 2.54. The lowest BCUT2D eigenvalue weighted by Gasteiger charge is -2.11. The van der Waals surface area contributed by atoms with Crippen LogP contribution in [0.4, 0.5) is 0 Å². The molecule has 0 aliphatic rings. The minimum Gasteiger partial charge on any atom is -0.357 e. The van der Waals surface area contributed by atoms with Crippen molar-refractivity contribution in [3.63, 3.8) is 0 Å². The van der Waals surface area contributed by atoms with Crippen molar-refractivity contribution in [1.82, 2.24) is 15.6 Å². The molecule has 0 radical (unpaired) electrons. The highest BCUT2D eigenvalue weighted by Crippen LogP contribution is 2.03. The molecule has 22 heavy (non-hydrogen) atoms. The Balaban J connectivity index is 1.86. The molecule has 4 nitrogen and oxygen atoms in total. The molecular weight excluding hydrogens is 272 g/mol. The largest absolute Gasteiger partial charge is 0.357 e. The molecule has 1 aromatic heterocycles. The number of aliphatic imine (C=N–C) groups is 1. The Morgan fingerprint density at radius 3 is 2.77 bits per heavy atom. The number of rotatable bonds is 6. The molecule has 0 fully saturated rings. The topological polar surface area (TPSA) is 49.3 Å². The number of hydrogen-bond acceptors (Lipinski definition) is 2. The lowest BCUT2D eigenvalue weighted by Crippen LogP contribution is -2.38. The van der Waals surface area contributed by atoms with Crippen LogP contribution in [0.25, 0.3) is 0 Å². The highest BCUT2D eigenvalue weighted by molar-refractivity contribution is 5.79. The fourth-order valence-electron chi connectivity index (χ4n) is 2.19. The van der Waals surface area contributed by atoms with Crippen molar-refractivity contribution in [2.75, 3.05) is 13.1 Å². The molecule has 4 heteroatoms. The zero-order valence-electron chi connectivity index (χ0n) is 13.3. The number of pyridine rings is 1. The third kappa shape index (κ3) is 5.56. The first kappa shape index (κ1) is 16.0. The summed E-state index contributed by atoms with van der Waals surface area (Å²) < 4.78 is 0. The summed E-state index contributed by atoms with van der Waals surface area (Å²) in [6, 6.07) is 14.5. The van der Waals surface area contributed by atoms with Crippen LogP contribution < -0.4 is 10.6 Å². The van der Waals surface area contributed by atoms with E-state index in [0.717, 1.165) is 31.2 Å². The van der Waals surface area contributed by atoms with Gasteiger partial charge in [0, 0.05) is 19.3 Å². The van der Waals surface area contributed by atoms with E-state index in [2.05, 4.69) is 58.7 Å². The van der Waals surface area contributed by atoms with Gasteiger partial charge >= 0.3 is 0 Å². The van der Waals surface area contributed by atoms with Crippen molar-refractivity contribution in [3.05, 3.63) is 65.5 Å². The Bertz CT molecular complexity index is 593. The molecule has 0 aliphatic carbocycles. The van der Waals surface area contributed by atoms with E-state index in [1.807, 2.05) is 18.2 Å². The van der Waals surface area contributed by atoms with Crippen LogP contribution in [-0.4, -0.2) is 24.0 Å². The Morgan fingerprint density at radius 2 is 2.05 bits per heavy atom. The molecule has 0 saturated carbocycles. The molecule has 0 bridgehead atoms. The second-order valence-corrected chi connectivity index (χ2v) is 5.18. The van der Waals surface area contributed by atoms with Crippen molar-refractivity contribution in [1.29, 1.82) is 0 Å². The van der Waals surface area contributed by atoms with E-state index < -0.39 is 0 Å². The van der Waals surface area contributed by atoms with Gasteiger partial charge < -0.3 is 10.6 Å². The first-order chi connectivity index (χ1) is 10.8. The zero-order valence-corrected chi connectivity index (χ0v) is 13.3. The van der Waals surface area contributed by atoms with Crippen LogP contribution in [0.15, 0.2) is 53.7 Å². The fraction of sp³-hybridized carbons (Fsp3) is 0.333. The van der Waals surface area contributed by atoms with Crippen LogP contribution in [-0.2, 0) is 13.0 Å². The van der Waals surface area contributed by atoms with E-state index in [4.69, 9.17) is 0 Å².